The Bertz CT molecular complexity index is 2010. The monoisotopic (exact) mass is 908 g/mol. The lowest BCUT2D eigenvalue weighted by Gasteiger charge is -2.35. The number of carboxylic acids is 1. The maximum atomic E-state index is 14.3. The van der Waals surface area contributed by atoms with Crippen LogP contribution < -0.4 is 16.4 Å². The Labute approximate surface area is 378 Å². The molecule has 0 unspecified atom stereocenters. The van der Waals surface area contributed by atoms with Gasteiger partial charge in [-0.05, 0) is 116 Å². The summed E-state index contributed by atoms with van der Waals surface area (Å²) in [6.45, 7) is 7.73. The fraction of sp³-hybridized carbons (Fsp3) is 0.667. The van der Waals surface area contributed by atoms with Gasteiger partial charge in [-0.15, -0.1) is 0 Å². The second-order valence-corrected chi connectivity index (χ2v) is 18.8. The Hall–Kier alpha value is -5.79. The lowest BCUT2D eigenvalue weighted by molar-refractivity contribution is -0.158. The number of phenolic OH excluding ortho intramolecular Hbond substituents is 1. The van der Waals surface area contributed by atoms with Gasteiger partial charge in [0.2, 0.25) is 41.4 Å². The lowest BCUT2D eigenvalue weighted by atomic mass is 10.0. The van der Waals surface area contributed by atoms with Gasteiger partial charge in [-0.3, -0.25) is 38.4 Å². The van der Waals surface area contributed by atoms with Crippen molar-refractivity contribution in [2.24, 2.45) is 5.73 Å². The third-order valence-corrected chi connectivity index (χ3v) is 13.0. The molecule has 6 rings (SSSR count). The zero-order valence-corrected chi connectivity index (χ0v) is 37.7. The van der Waals surface area contributed by atoms with Crippen LogP contribution in [0, 0.1) is 0 Å². The number of amides is 7. The van der Waals surface area contributed by atoms with Gasteiger partial charge in [0.1, 0.15) is 53.6 Å². The van der Waals surface area contributed by atoms with E-state index in [0.717, 1.165) is 0 Å². The number of rotatable bonds is 14. The molecule has 0 radical (unpaired) electrons. The van der Waals surface area contributed by atoms with E-state index in [9.17, 15) is 53.4 Å². The topological polar surface area (TPSA) is 270 Å². The fourth-order valence-corrected chi connectivity index (χ4v) is 9.85. The molecule has 356 valence electrons. The zero-order valence-electron chi connectivity index (χ0n) is 37.7. The first-order valence-electron chi connectivity index (χ1n) is 22.9. The van der Waals surface area contributed by atoms with Crippen LogP contribution in [0.2, 0.25) is 0 Å². The van der Waals surface area contributed by atoms with E-state index in [1.165, 1.54) is 43.6 Å². The number of ether oxygens (including phenoxy) is 1. The van der Waals surface area contributed by atoms with E-state index in [-0.39, 0.29) is 50.0 Å². The molecule has 5 aliphatic heterocycles. The van der Waals surface area contributed by atoms with Gasteiger partial charge in [0.25, 0.3) is 0 Å². The van der Waals surface area contributed by atoms with E-state index in [1.807, 2.05) is 0 Å². The number of esters is 1. The molecule has 20 heteroatoms. The molecule has 8 atom stereocenters. The van der Waals surface area contributed by atoms with Crippen LogP contribution in [0.25, 0.3) is 0 Å². The van der Waals surface area contributed by atoms with E-state index in [2.05, 4.69) is 10.6 Å². The van der Waals surface area contributed by atoms with Gasteiger partial charge in [0, 0.05) is 32.7 Å². The minimum absolute atomic E-state index is 0.0377. The van der Waals surface area contributed by atoms with Crippen molar-refractivity contribution in [3.05, 3.63) is 29.8 Å². The molecule has 5 saturated heterocycles. The predicted molar refractivity (Wildman–Crippen MR) is 231 cm³/mol. The van der Waals surface area contributed by atoms with Gasteiger partial charge in [-0.25, -0.2) is 4.79 Å². The first kappa shape index (κ1) is 48.7. The van der Waals surface area contributed by atoms with Gasteiger partial charge >= 0.3 is 11.9 Å². The molecule has 7 amide bonds. The highest BCUT2D eigenvalue weighted by molar-refractivity contribution is 5.99. The van der Waals surface area contributed by atoms with Crippen molar-refractivity contribution >= 4 is 53.3 Å². The smallest absolute Gasteiger partial charge is 0.326 e. The Kier molecular flexibility index (Phi) is 15.4. The highest BCUT2D eigenvalue weighted by Gasteiger charge is 2.48. The number of nitrogens with two attached hydrogens (primary N) is 1. The standard InChI is InChI=1S/C45H64N8O12/c1-26(47-38(57)31-10-5-19-49(31)40(59)30(25-36(55)65-45(2,3)4)48-37(56)29(46)24-27-15-17-28(54)18-16-27)39(58)50-20-6-11-32(50)41(60)51-21-7-12-33(51)42(61)52-22-8-13-34(52)43(62)53-23-9-14-35(53)44(63)64/h15-18,26,29-35,54H,5-14,19-25,46H2,1-4H3,(H,47,57)(H,48,56)(H,63,64)/t26-,29-,30-,31-,32-,33-,34-,35-/m0/s1. The van der Waals surface area contributed by atoms with E-state index in [1.54, 1.807) is 32.9 Å². The molecule has 5 aliphatic rings. The number of likely N-dealkylation sites (tertiary alicyclic amines) is 5. The number of hydrogen-bond donors (Lipinski definition) is 5. The van der Waals surface area contributed by atoms with Crippen LogP contribution >= 0.6 is 0 Å². The van der Waals surface area contributed by atoms with Crippen molar-refractivity contribution in [1.82, 2.24) is 35.1 Å². The number of aliphatic carboxylic acids is 1. The van der Waals surface area contributed by atoms with E-state index in [0.29, 0.717) is 76.4 Å². The molecule has 0 saturated carbocycles. The number of hydrogen-bond acceptors (Lipinski definition) is 12. The first-order valence-corrected chi connectivity index (χ1v) is 22.9. The van der Waals surface area contributed by atoms with Gasteiger partial charge < -0.3 is 55.8 Å². The summed E-state index contributed by atoms with van der Waals surface area (Å²) >= 11 is 0. The fourth-order valence-electron chi connectivity index (χ4n) is 9.85. The van der Waals surface area contributed by atoms with Crippen molar-refractivity contribution in [2.75, 3.05) is 32.7 Å². The molecule has 0 aliphatic carbocycles. The zero-order chi connectivity index (χ0) is 47.3. The largest absolute Gasteiger partial charge is 0.508 e. The third kappa shape index (κ3) is 11.4. The number of carbonyl (C=O) groups excluding carboxylic acids is 8. The van der Waals surface area contributed by atoms with E-state index < -0.39 is 102 Å². The molecule has 0 bridgehead atoms. The highest BCUT2D eigenvalue weighted by atomic mass is 16.6. The van der Waals surface area contributed by atoms with Gasteiger partial charge in [-0.1, -0.05) is 12.1 Å². The lowest BCUT2D eigenvalue weighted by Crippen LogP contribution is -2.59. The molecule has 5 heterocycles. The Morgan fingerprint density at radius 1 is 0.662 bits per heavy atom. The predicted octanol–water partition coefficient (Wildman–Crippen LogP) is 0.0229. The summed E-state index contributed by atoms with van der Waals surface area (Å²) in [6, 6.07) is -2.09. The SMILES string of the molecule is C[C@H](NC(=O)[C@@H]1CCCN1C(=O)[C@H](CC(=O)OC(C)(C)C)NC(=O)[C@@H](N)Cc1ccc(O)cc1)C(=O)N1CCC[C@H]1C(=O)N1CCC[C@H]1C(=O)N1CCC[C@H]1C(=O)N1CCC[C@H]1C(=O)O. The number of carboxylic acid groups (broad SMARTS) is 1. The summed E-state index contributed by atoms with van der Waals surface area (Å²) in [4.78, 5) is 129. The molecule has 6 N–H and O–H groups in total. The van der Waals surface area contributed by atoms with Crippen LogP contribution in [-0.4, -0.2) is 175 Å². The third-order valence-electron chi connectivity index (χ3n) is 13.0. The minimum Gasteiger partial charge on any atom is -0.508 e. The summed E-state index contributed by atoms with van der Waals surface area (Å²) in [5, 5.41) is 24.6. The van der Waals surface area contributed by atoms with Crippen molar-refractivity contribution in [3.8, 4) is 5.75 Å². The maximum absolute atomic E-state index is 14.3. The van der Waals surface area contributed by atoms with Crippen LogP contribution in [0.4, 0.5) is 0 Å². The summed E-state index contributed by atoms with van der Waals surface area (Å²) in [5.74, 6) is -5.52. The first-order chi connectivity index (χ1) is 30.7. The summed E-state index contributed by atoms with van der Waals surface area (Å²) in [5.41, 5.74) is 5.96. The molecule has 0 aromatic heterocycles. The molecule has 1 aromatic rings. The molecule has 1 aromatic carbocycles. The quantitative estimate of drug-likeness (QED) is 0.154. The van der Waals surface area contributed by atoms with Crippen LogP contribution in [0.3, 0.4) is 0 Å². The molecule has 65 heavy (non-hydrogen) atoms. The molecular formula is C45H64N8O12. The second kappa shape index (κ2) is 20.6. The van der Waals surface area contributed by atoms with Crippen molar-refractivity contribution in [2.45, 2.75) is 159 Å². The summed E-state index contributed by atoms with van der Waals surface area (Å²) in [6.07, 6.45) is 3.84. The number of benzene rings is 1. The van der Waals surface area contributed by atoms with Gasteiger partial charge in [0.15, 0.2) is 0 Å². The van der Waals surface area contributed by atoms with Gasteiger partial charge in [-0.2, -0.15) is 0 Å². The second-order valence-electron chi connectivity index (χ2n) is 18.8. The van der Waals surface area contributed by atoms with Crippen LogP contribution in [0.1, 0.15) is 104 Å². The normalized spacial score (nSPS) is 24.7. The number of carbonyl (C=O) groups is 9. The van der Waals surface area contributed by atoms with Crippen LogP contribution in [0.15, 0.2) is 24.3 Å². The molecule has 20 nitrogen and oxygen atoms in total. The number of aromatic hydroxyl groups is 1. The Morgan fingerprint density at radius 3 is 1.58 bits per heavy atom. The van der Waals surface area contributed by atoms with Crippen LogP contribution in [-0.2, 0) is 54.3 Å². The van der Waals surface area contributed by atoms with Gasteiger partial charge in [0.05, 0.1) is 12.5 Å². The average molecular weight is 909 g/mol. The summed E-state index contributed by atoms with van der Waals surface area (Å²) < 4.78 is 5.46. The number of nitrogens with one attached hydrogen (secondary N) is 2. The Balaban J connectivity index is 1.08. The number of nitrogens with zero attached hydrogens (tertiary/aromatic N) is 5. The Morgan fingerprint density at radius 2 is 1.09 bits per heavy atom. The highest BCUT2D eigenvalue weighted by Crippen LogP contribution is 2.31. The van der Waals surface area contributed by atoms with Crippen molar-refractivity contribution in [3.63, 3.8) is 0 Å². The molecular weight excluding hydrogens is 845 g/mol. The van der Waals surface area contributed by atoms with Crippen molar-refractivity contribution in [1.29, 1.82) is 0 Å². The van der Waals surface area contributed by atoms with E-state index in [4.69, 9.17) is 10.5 Å². The molecule has 0 spiro atoms. The van der Waals surface area contributed by atoms with Crippen molar-refractivity contribution < 1.29 is 58.1 Å². The van der Waals surface area contributed by atoms with Crippen LogP contribution in [0.5, 0.6) is 5.75 Å². The van der Waals surface area contributed by atoms with E-state index >= 15 is 0 Å². The molecule has 5 fully saturated rings. The summed E-state index contributed by atoms with van der Waals surface area (Å²) in [7, 11) is 0. The number of phenols is 1. The average Bonchev–Trinajstić information content (AvgIpc) is 4.11. The maximum Gasteiger partial charge on any atom is 0.326 e. The minimum atomic E-state index is -1.43.